The van der Waals surface area contributed by atoms with E-state index in [1.54, 1.807) is 12.2 Å². The average Bonchev–Trinajstić information content (AvgIpc) is 3.23. The summed E-state index contributed by atoms with van der Waals surface area (Å²) in [6.45, 7) is 3.22. The Morgan fingerprint density at radius 3 is 2.00 bits per heavy atom. The van der Waals surface area contributed by atoms with E-state index >= 15 is 0 Å². The first-order valence-electron chi connectivity index (χ1n) is 22.8. The van der Waals surface area contributed by atoms with Crippen molar-refractivity contribution in [2.75, 3.05) is 26.4 Å². The highest BCUT2D eigenvalue weighted by molar-refractivity contribution is 7.47. The summed E-state index contributed by atoms with van der Waals surface area (Å²) in [6.07, 6.45) is 36.9. The number of hydrogen-bond donors (Lipinski definition) is 5. The van der Waals surface area contributed by atoms with Gasteiger partial charge in [-0.05, 0) is 77.0 Å². The zero-order valence-corrected chi connectivity index (χ0v) is 38.0. The lowest BCUT2D eigenvalue weighted by molar-refractivity contribution is -0.199. The van der Waals surface area contributed by atoms with Crippen LogP contribution in [0.1, 0.15) is 149 Å². The van der Waals surface area contributed by atoms with E-state index in [-0.39, 0.29) is 44.9 Å². The number of aliphatic hydroxyl groups excluding tert-OH is 3. The number of ether oxygens (including phenoxy) is 3. The van der Waals surface area contributed by atoms with Gasteiger partial charge in [-0.2, -0.15) is 0 Å². The number of unbranched alkanes of at least 4 members (excludes halogenated alkanes) is 9. The van der Waals surface area contributed by atoms with E-state index in [4.69, 9.17) is 29.0 Å². The molecule has 0 aromatic carbocycles. The third-order valence-electron chi connectivity index (χ3n) is 9.86. The summed E-state index contributed by atoms with van der Waals surface area (Å²) in [4.78, 5) is 35.1. The molecule has 0 radical (unpaired) electrons. The maximum atomic E-state index is 12.7. The minimum atomic E-state index is -4.47. The lowest BCUT2D eigenvalue weighted by Crippen LogP contribution is -2.43. The van der Waals surface area contributed by atoms with Crippen molar-refractivity contribution in [2.24, 2.45) is 11.7 Å². The van der Waals surface area contributed by atoms with Crippen LogP contribution in [0.2, 0.25) is 0 Å². The fourth-order valence-electron chi connectivity index (χ4n) is 6.36. The van der Waals surface area contributed by atoms with Crippen molar-refractivity contribution in [2.45, 2.75) is 179 Å². The Kier molecular flexibility index (Phi) is 34.9. The van der Waals surface area contributed by atoms with Gasteiger partial charge >= 0.3 is 19.8 Å². The molecule has 0 aliphatic carbocycles. The molecule has 1 aliphatic heterocycles. The van der Waals surface area contributed by atoms with Gasteiger partial charge in [-0.1, -0.05) is 125 Å². The van der Waals surface area contributed by atoms with Crippen LogP contribution in [0.25, 0.3) is 0 Å². The molecule has 14 heteroatoms. The quantitative estimate of drug-likeness (QED) is 0.0171. The van der Waals surface area contributed by atoms with E-state index in [1.165, 1.54) is 25.7 Å². The lowest BCUT2D eigenvalue weighted by atomic mass is 9.87. The third-order valence-corrected chi connectivity index (χ3v) is 10.8. The third kappa shape index (κ3) is 32.6. The van der Waals surface area contributed by atoms with Gasteiger partial charge in [0.2, 0.25) is 0 Å². The van der Waals surface area contributed by atoms with Crippen molar-refractivity contribution in [1.82, 2.24) is 0 Å². The summed E-state index contributed by atoms with van der Waals surface area (Å²) in [6, 6.07) is 0. The fourth-order valence-corrected chi connectivity index (χ4v) is 7.13. The van der Waals surface area contributed by atoms with Crippen molar-refractivity contribution in [3.63, 3.8) is 0 Å². The molecule has 0 bridgehead atoms. The molecule has 6 N–H and O–H groups in total. The van der Waals surface area contributed by atoms with Gasteiger partial charge in [-0.3, -0.25) is 18.6 Å². The second kappa shape index (κ2) is 37.8. The summed E-state index contributed by atoms with van der Waals surface area (Å²) in [5, 5.41) is 31.0. The zero-order chi connectivity index (χ0) is 44.8. The molecule has 0 amide bonds. The number of aliphatic hydroxyl groups is 3. The van der Waals surface area contributed by atoms with Crippen LogP contribution >= 0.6 is 7.82 Å². The van der Waals surface area contributed by atoms with Gasteiger partial charge in [0, 0.05) is 31.7 Å². The highest BCUT2D eigenvalue weighted by Crippen LogP contribution is 2.43. The van der Waals surface area contributed by atoms with E-state index < -0.39 is 57.1 Å². The maximum Gasteiger partial charge on any atom is 0.472 e. The highest BCUT2D eigenvalue weighted by Gasteiger charge is 2.35. The van der Waals surface area contributed by atoms with Gasteiger partial charge in [0.05, 0.1) is 31.5 Å². The number of nitrogens with two attached hydrogens (primary N) is 1. The minimum Gasteiger partial charge on any atom is -0.462 e. The highest BCUT2D eigenvalue weighted by atomic mass is 31.2. The van der Waals surface area contributed by atoms with Crippen LogP contribution in [0.4, 0.5) is 0 Å². The number of phosphoric acid groups is 1. The standard InChI is InChI=1S/C47H80NO12P/c1-3-5-7-8-9-10-11-12-13-14-15-16-17-18-19-20-21-22-27-31-45(51)56-38-41(39-58-61(54,55)57-36-35-48)59-46(52)32-28-24-23-26-30-42-43(50)37-47(53)60-44(42)34-33-40(49)29-25-6-4-2/h9-10,12-13,15-16,18-19,23,26,33-34,40-44,47,49-50,53H,3-8,11,14,17,20-22,24-25,27-32,35-39,48H2,1-2H3,(H,54,55)/b10-9-,13-12-,16-15-,19-18-,26-23-,34-33+/t40-,41+,42-,43-,44+,47?/m0/s1. The van der Waals surface area contributed by atoms with Crippen molar-refractivity contribution >= 4 is 19.8 Å². The van der Waals surface area contributed by atoms with Crippen LogP contribution in [0, 0.1) is 5.92 Å². The van der Waals surface area contributed by atoms with Gasteiger partial charge in [-0.25, -0.2) is 4.57 Å². The summed E-state index contributed by atoms with van der Waals surface area (Å²) >= 11 is 0. The Labute approximate surface area is 366 Å². The maximum absolute atomic E-state index is 12.7. The molecular weight excluding hydrogens is 801 g/mol. The Balaban J connectivity index is 2.44. The smallest absolute Gasteiger partial charge is 0.462 e. The normalized spacial score (nSPS) is 20.8. The number of allylic oxidation sites excluding steroid dienone is 10. The number of hydrogen-bond acceptors (Lipinski definition) is 12. The summed E-state index contributed by atoms with van der Waals surface area (Å²) in [7, 11) is -4.47. The number of carbonyl (C=O) groups excluding carboxylic acids is 2. The van der Waals surface area contributed by atoms with E-state index in [0.29, 0.717) is 32.1 Å². The van der Waals surface area contributed by atoms with E-state index in [1.807, 2.05) is 12.2 Å². The molecule has 0 aromatic rings. The van der Waals surface area contributed by atoms with Crippen molar-refractivity contribution in [3.05, 3.63) is 72.9 Å². The molecule has 350 valence electrons. The van der Waals surface area contributed by atoms with E-state index in [0.717, 1.165) is 57.8 Å². The summed E-state index contributed by atoms with van der Waals surface area (Å²) in [5.41, 5.74) is 5.35. The van der Waals surface area contributed by atoms with Crippen LogP contribution < -0.4 is 5.73 Å². The Bertz CT molecular complexity index is 1350. The Morgan fingerprint density at radius 1 is 0.754 bits per heavy atom. The fraction of sp³-hybridized carbons (Fsp3) is 0.702. The summed E-state index contributed by atoms with van der Waals surface area (Å²) < 4.78 is 38.4. The number of phosphoric ester groups is 1. The molecule has 2 unspecified atom stereocenters. The van der Waals surface area contributed by atoms with E-state index in [9.17, 15) is 34.4 Å². The summed E-state index contributed by atoms with van der Waals surface area (Å²) in [5.74, 6) is -1.39. The van der Waals surface area contributed by atoms with Crippen LogP contribution in [0.3, 0.4) is 0 Å². The number of esters is 2. The molecule has 1 aliphatic rings. The number of carbonyl (C=O) groups is 2. The van der Waals surface area contributed by atoms with Crippen molar-refractivity contribution < 1.29 is 57.6 Å². The second-order valence-corrected chi connectivity index (χ2v) is 16.9. The lowest BCUT2D eigenvalue weighted by Gasteiger charge is -2.36. The van der Waals surface area contributed by atoms with Crippen LogP contribution in [-0.4, -0.2) is 89.2 Å². The largest absolute Gasteiger partial charge is 0.472 e. The second-order valence-electron chi connectivity index (χ2n) is 15.4. The van der Waals surface area contributed by atoms with E-state index in [2.05, 4.69) is 62.5 Å². The molecule has 0 spiro atoms. The first-order chi connectivity index (χ1) is 29.5. The van der Waals surface area contributed by atoms with Crippen LogP contribution in [0.15, 0.2) is 72.9 Å². The van der Waals surface area contributed by atoms with Gasteiger partial charge in [-0.15, -0.1) is 0 Å². The van der Waals surface area contributed by atoms with Gasteiger partial charge in [0.25, 0.3) is 0 Å². The first kappa shape index (κ1) is 56.3. The number of rotatable bonds is 37. The molecule has 13 nitrogen and oxygen atoms in total. The predicted octanol–water partition coefficient (Wildman–Crippen LogP) is 9.16. The minimum absolute atomic E-state index is 0.00103. The predicted molar refractivity (Wildman–Crippen MR) is 241 cm³/mol. The molecule has 61 heavy (non-hydrogen) atoms. The molecule has 1 rings (SSSR count). The van der Waals surface area contributed by atoms with Crippen molar-refractivity contribution in [3.8, 4) is 0 Å². The SMILES string of the molecule is CCCCC/C=C\C/C=C\C/C=C\C/C=C\CCCCCC(=O)OC[C@H](COP(=O)(O)OCCN)OC(=O)CCC/C=C\C[C@H]1[C@@H](O)CC(O)O[C@@H]1/C=C/[C@@H](O)CCCCC. The van der Waals surface area contributed by atoms with Gasteiger partial charge in [0.15, 0.2) is 12.4 Å². The molecule has 7 atom stereocenters. The molecule has 1 heterocycles. The topological polar surface area (TPSA) is 204 Å². The monoisotopic (exact) mass is 882 g/mol. The average molecular weight is 882 g/mol. The first-order valence-corrected chi connectivity index (χ1v) is 24.3. The Hall–Kier alpha value is -2.71. The van der Waals surface area contributed by atoms with Crippen LogP contribution in [0.5, 0.6) is 0 Å². The van der Waals surface area contributed by atoms with Gasteiger partial charge in [0.1, 0.15) is 6.61 Å². The van der Waals surface area contributed by atoms with Crippen molar-refractivity contribution in [1.29, 1.82) is 0 Å². The Morgan fingerprint density at radius 2 is 1.34 bits per heavy atom. The molecule has 0 aromatic heterocycles. The molecule has 1 fully saturated rings. The molecule has 0 saturated carbocycles. The zero-order valence-electron chi connectivity index (χ0n) is 37.1. The van der Waals surface area contributed by atoms with Gasteiger partial charge < -0.3 is 40.2 Å². The molecule has 1 saturated heterocycles. The van der Waals surface area contributed by atoms with Crippen LogP contribution in [-0.2, 0) is 37.4 Å². The molecular formula is C47H80NO12P.